The first kappa shape index (κ1) is 19.3. The number of phenolic OH excluding ortho intramolecular Hbond substituents is 1. The molecule has 5 nitrogen and oxygen atoms in total. The number of hydrogen-bond acceptors (Lipinski definition) is 4. The summed E-state index contributed by atoms with van der Waals surface area (Å²) in [5, 5.41) is 9.85. The normalized spacial score (nSPS) is 11.4. The van der Waals surface area contributed by atoms with Crippen LogP contribution in [-0.4, -0.2) is 18.1 Å². The Bertz CT molecular complexity index is 799. The zero-order chi connectivity index (χ0) is 18.3. The molecule has 2 N–H and O–H groups in total. The summed E-state index contributed by atoms with van der Waals surface area (Å²) in [5.41, 5.74) is 1.12. The predicted molar refractivity (Wildman–Crippen MR) is 96.9 cm³/mol. The van der Waals surface area contributed by atoms with Crippen molar-refractivity contribution >= 4 is 10.1 Å². The van der Waals surface area contributed by atoms with Crippen molar-refractivity contribution in [1.82, 2.24) is 0 Å². The number of benzene rings is 2. The quantitative estimate of drug-likeness (QED) is 0.486. The van der Waals surface area contributed by atoms with Crippen LogP contribution in [0.3, 0.4) is 0 Å². The van der Waals surface area contributed by atoms with Crippen LogP contribution >= 0.6 is 0 Å². The molecule has 0 bridgehead atoms. The largest absolute Gasteiger partial charge is 0.504 e. The van der Waals surface area contributed by atoms with E-state index in [1.807, 2.05) is 18.2 Å². The molecular weight excluding hydrogens is 340 g/mol. The number of aromatic hydroxyl groups is 1. The Morgan fingerprint density at radius 1 is 1.00 bits per heavy atom. The van der Waals surface area contributed by atoms with Crippen LogP contribution in [0.4, 0.5) is 0 Å². The van der Waals surface area contributed by atoms with Crippen LogP contribution in [-0.2, 0) is 16.5 Å². The van der Waals surface area contributed by atoms with Gasteiger partial charge in [-0.2, -0.15) is 8.42 Å². The third-order valence-corrected chi connectivity index (χ3v) is 4.77. The molecule has 0 aliphatic heterocycles. The molecule has 0 saturated heterocycles. The molecule has 25 heavy (non-hydrogen) atoms. The molecule has 0 saturated carbocycles. The van der Waals surface area contributed by atoms with E-state index in [0.29, 0.717) is 5.75 Å². The molecule has 2 rings (SSSR count). The topological polar surface area (TPSA) is 83.8 Å². The van der Waals surface area contributed by atoms with Gasteiger partial charge in [0.05, 0.1) is 4.90 Å². The van der Waals surface area contributed by atoms with Crippen LogP contribution in [0.15, 0.2) is 47.4 Å². The Hall–Kier alpha value is -2.05. The van der Waals surface area contributed by atoms with E-state index in [4.69, 9.17) is 9.29 Å². The van der Waals surface area contributed by atoms with E-state index in [-0.39, 0.29) is 16.4 Å². The average molecular weight is 364 g/mol. The SMILES string of the molecule is CCCCCCCc1cccc(Oc2cc(S(=O)(=O)O)ccc2O)c1. The molecule has 0 aromatic heterocycles. The van der Waals surface area contributed by atoms with Crippen molar-refractivity contribution in [3.05, 3.63) is 48.0 Å². The lowest BCUT2D eigenvalue weighted by Gasteiger charge is -2.10. The highest BCUT2D eigenvalue weighted by Gasteiger charge is 2.14. The van der Waals surface area contributed by atoms with E-state index in [9.17, 15) is 13.5 Å². The number of ether oxygens (including phenoxy) is 1. The summed E-state index contributed by atoms with van der Waals surface area (Å²) in [6, 6.07) is 10.9. The van der Waals surface area contributed by atoms with Gasteiger partial charge in [-0.05, 0) is 42.7 Å². The molecule has 0 heterocycles. The van der Waals surface area contributed by atoms with Crippen molar-refractivity contribution in [2.24, 2.45) is 0 Å². The minimum absolute atomic E-state index is 0.0183. The highest BCUT2D eigenvalue weighted by atomic mass is 32.2. The van der Waals surface area contributed by atoms with Crippen LogP contribution in [0.25, 0.3) is 0 Å². The zero-order valence-electron chi connectivity index (χ0n) is 14.3. The van der Waals surface area contributed by atoms with Gasteiger partial charge in [0, 0.05) is 6.07 Å². The molecule has 0 aliphatic carbocycles. The number of unbranched alkanes of at least 4 members (excludes halogenated alkanes) is 4. The second-order valence-electron chi connectivity index (χ2n) is 6.02. The lowest BCUT2D eigenvalue weighted by molar-refractivity contribution is 0.409. The van der Waals surface area contributed by atoms with Gasteiger partial charge in [-0.25, -0.2) is 0 Å². The molecule has 136 valence electrons. The first-order valence-electron chi connectivity index (χ1n) is 8.47. The Labute approximate surface area is 149 Å². The maximum absolute atomic E-state index is 11.2. The smallest absolute Gasteiger partial charge is 0.294 e. The maximum Gasteiger partial charge on any atom is 0.294 e. The van der Waals surface area contributed by atoms with E-state index < -0.39 is 10.1 Å². The van der Waals surface area contributed by atoms with Gasteiger partial charge in [0.25, 0.3) is 10.1 Å². The van der Waals surface area contributed by atoms with Gasteiger partial charge >= 0.3 is 0 Å². The molecule has 2 aromatic rings. The summed E-state index contributed by atoms with van der Waals surface area (Å²) >= 11 is 0. The number of phenols is 1. The van der Waals surface area contributed by atoms with Gasteiger partial charge in [0.15, 0.2) is 11.5 Å². The van der Waals surface area contributed by atoms with Crippen molar-refractivity contribution in [1.29, 1.82) is 0 Å². The molecular formula is C19H24O5S. The van der Waals surface area contributed by atoms with E-state index in [2.05, 4.69) is 6.92 Å². The van der Waals surface area contributed by atoms with Crippen molar-refractivity contribution in [3.63, 3.8) is 0 Å². The van der Waals surface area contributed by atoms with Crippen molar-refractivity contribution in [2.45, 2.75) is 50.3 Å². The van der Waals surface area contributed by atoms with E-state index in [1.165, 1.54) is 31.7 Å². The van der Waals surface area contributed by atoms with E-state index >= 15 is 0 Å². The van der Waals surface area contributed by atoms with Crippen molar-refractivity contribution < 1.29 is 22.8 Å². The van der Waals surface area contributed by atoms with Crippen molar-refractivity contribution in [2.75, 3.05) is 0 Å². The summed E-state index contributed by atoms with van der Waals surface area (Å²) in [6.45, 7) is 2.19. The molecule has 0 amide bonds. The molecule has 0 unspecified atom stereocenters. The third kappa shape index (κ3) is 6.07. The summed E-state index contributed by atoms with van der Waals surface area (Å²) in [6.07, 6.45) is 6.95. The lowest BCUT2D eigenvalue weighted by atomic mass is 10.1. The van der Waals surface area contributed by atoms with Gasteiger partial charge in [0.1, 0.15) is 5.75 Å². The minimum atomic E-state index is -4.35. The van der Waals surface area contributed by atoms with Gasteiger partial charge in [-0.1, -0.05) is 44.7 Å². The lowest BCUT2D eigenvalue weighted by Crippen LogP contribution is -1.98. The Kier molecular flexibility index (Phi) is 6.84. The molecule has 0 radical (unpaired) electrons. The molecule has 0 spiro atoms. The minimum Gasteiger partial charge on any atom is -0.504 e. The number of hydrogen-bond donors (Lipinski definition) is 2. The van der Waals surface area contributed by atoms with Gasteiger partial charge in [-0.3, -0.25) is 4.55 Å². The van der Waals surface area contributed by atoms with Crippen LogP contribution in [0, 0.1) is 0 Å². The third-order valence-electron chi connectivity index (χ3n) is 3.92. The molecule has 6 heteroatoms. The second kappa shape index (κ2) is 8.87. The summed E-state index contributed by atoms with van der Waals surface area (Å²) in [5.74, 6) is 0.293. The predicted octanol–water partition coefficient (Wildman–Crippen LogP) is 4.94. The van der Waals surface area contributed by atoms with Crippen LogP contribution in [0.5, 0.6) is 17.2 Å². The second-order valence-corrected chi connectivity index (χ2v) is 7.44. The summed E-state index contributed by atoms with van der Waals surface area (Å²) in [4.78, 5) is -0.327. The van der Waals surface area contributed by atoms with E-state index in [1.54, 1.807) is 6.07 Å². The Balaban J connectivity index is 2.07. The summed E-state index contributed by atoms with van der Waals surface area (Å²) < 4.78 is 37.1. The average Bonchev–Trinajstić information content (AvgIpc) is 2.56. The zero-order valence-corrected chi connectivity index (χ0v) is 15.1. The monoisotopic (exact) mass is 364 g/mol. The van der Waals surface area contributed by atoms with E-state index in [0.717, 1.165) is 30.5 Å². The molecule has 0 atom stereocenters. The van der Waals surface area contributed by atoms with Crippen molar-refractivity contribution in [3.8, 4) is 17.2 Å². The Morgan fingerprint density at radius 2 is 1.76 bits per heavy atom. The van der Waals surface area contributed by atoms with Gasteiger partial charge in [-0.15, -0.1) is 0 Å². The highest BCUT2D eigenvalue weighted by molar-refractivity contribution is 7.85. The fourth-order valence-electron chi connectivity index (χ4n) is 2.56. The van der Waals surface area contributed by atoms with Gasteiger partial charge < -0.3 is 9.84 Å². The van der Waals surface area contributed by atoms with Gasteiger partial charge in [0.2, 0.25) is 0 Å². The standard InChI is InChI=1S/C19H24O5S/c1-2-3-4-5-6-8-15-9-7-10-16(13-15)24-19-14-17(25(21,22)23)11-12-18(19)20/h7,9-14,20H,2-6,8H2,1H3,(H,21,22,23). The molecule has 0 aliphatic rings. The van der Waals surface area contributed by atoms with Crippen LogP contribution in [0.1, 0.15) is 44.6 Å². The van der Waals surface area contributed by atoms with Crippen LogP contribution < -0.4 is 4.74 Å². The number of rotatable bonds is 9. The summed E-state index contributed by atoms with van der Waals surface area (Å²) in [7, 11) is -4.35. The fraction of sp³-hybridized carbons (Fsp3) is 0.368. The highest BCUT2D eigenvalue weighted by Crippen LogP contribution is 2.33. The molecule has 2 aromatic carbocycles. The Morgan fingerprint density at radius 3 is 2.48 bits per heavy atom. The van der Waals surface area contributed by atoms with Crippen LogP contribution in [0.2, 0.25) is 0 Å². The first-order chi connectivity index (χ1) is 11.9. The first-order valence-corrected chi connectivity index (χ1v) is 9.91. The number of aryl methyl sites for hydroxylation is 1. The maximum atomic E-state index is 11.2. The fourth-order valence-corrected chi connectivity index (χ4v) is 3.06. The molecule has 0 fully saturated rings.